The predicted octanol–water partition coefficient (Wildman–Crippen LogP) is 2.93. The summed E-state index contributed by atoms with van der Waals surface area (Å²) in [5, 5.41) is 6.62. The maximum absolute atomic E-state index is 5.34. The van der Waals surface area contributed by atoms with Gasteiger partial charge in [-0.1, -0.05) is 18.2 Å². The van der Waals surface area contributed by atoms with Gasteiger partial charge in [0.1, 0.15) is 5.75 Å². The summed E-state index contributed by atoms with van der Waals surface area (Å²) < 4.78 is 5.34. The average molecular weight is 303 g/mol. The molecule has 0 bridgehead atoms. The van der Waals surface area contributed by atoms with Crippen LogP contribution in [0.3, 0.4) is 0 Å². The molecule has 0 unspecified atom stereocenters. The minimum Gasteiger partial charge on any atom is -0.496 e. The zero-order valence-corrected chi connectivity index (χ0v) is 13.5. The molecule has 4 nitrogen and oxygen atoms in total. The van der Waals surface area contributed by atoms with E-state index in [0.29, 0.717) is 6.54 Å². The molecule has 0 saturated heterocycles. The first-order valence-electron chi connectivity index (χ1n) is 6.84. The second kappa shape index (κ2) is 7.69. The summed E-state index contributed by atoms with van der Waals surface area (Å²) in [6.45, 7) is 3.57. The first-order valence-corrected chi connectivity index (χ1v) is 7.66. The van der Waals surface area contributed by atoms with Crippen LogP contribution in [0.1, 0.15) is 15.3 Å². The van der Waals surface area contributed by atoms with Crippen molar-refractivity contribution >= 4 is 17.3 Å². The Labute approximate surface area is 129 Å². The van der Waals surface area contributed by atoms with E-state index in [0.717, 1.165) is 23.8 Å². The zero-order chi connectivity index (χ0) is 15.1. The van der Waals surface area contributed by atoms with Gasteiger partial charge in [0.25, 0.3) is 0 Å². The lowest BCUT2D eigenvalue weighted by Gasteiger charge is -2.13. The van der Waals surface area contributed by atoms with Crippen molar-refractivity contribution < 1.29 is 4.74 Å². The Kier molecular flexibility index (Phi) is 5.63. The summed E-state index contributed by atoms with van der Waals surface area (Å²) in [6, 6.07) is 12.2. The van der Waals surface area contributed by atoms with Gasteiger partial charge >= 0.3 is 0 Å². The summed E-state index contributed by atoms with van der Waals surface area (Å²) in [7, 11) is 3.46. The number of para-hydroxylation sites is 1. The Morgan fingerprint density at radius 3 is 2.57 bits per heavy atom. The lowest BCUT2D eigenvalue weighted by atomic mass is 10.2. The Hall–Kier alpha value is -2.01. The Morgan fingerprint density at radius 2 is 1.90 bits per heavy atom. The first-order chi connectivity index (χ1) is 10.2. The van der Waals surface area contributed by atoms with Crippen molar-refractivity contribution in [3.63, 3.8) is 0 Å². The van der Waals surface area contributed by atoms with Gasteiger partial charge in [0, 0.05) is 28.9 Å². The van der Waals surface area contributed by atoms with Crippen molar-refractivity contribution in [2.45, 2.75) is 20.0 Å². The van der Waals surface area contributed by atoms with Gasteiger partial charge in [0.05, 0.1) is 13.7 Å². The third-order valence-corrected chi connectivity index (χ3v) is 4.09. The first kappa shape index (κ1) is 15.4. The number of guanidine groups is 1. The van der Waals surface area contributed by atoms with Crippen LogP contribution >= 0.6 is 11.3 Å². The highest BCUT2D eigenvalue weighted by Crippen LogP contribution is 2.17. The minimum absolute atomic E-state index is 0.674. The number of aliphatic imine (C=N–C) groups is 1. The Morgan fingerprint density at radius 1 is 1.14 bits per heavy atom. The molecule has 112 valence electrons. The predicted molar refractivity (Wildman–Crippen MR) is 89.1 cm³/mol. The van der Waals surface area contributed by atoms with Crippen LogP contribution in [0.25, 0.3) is 0 Å². The van der Waals surface area contributed by atoms with Crippen LogP contribution in [0.5, 0.6) is 5.75 Å². The molecule has 1 heterocycles. The highest BCUT2D eigenvalue weighted by atomic mass is 32.1. The van der Waals surface area contributed by atoms with Crippen LogP contribution in [0.15, 0.2) is 41.4 Å². The second-order valence-corrected chi connectivity index (χ2v) is 5.98. The highest BCUT2D eigenvalue weighted by molar-refractivity contribution is 7.11. The van der Waals surface area contributed by atoms with Gasteiger partial charge in [0.15, 0.2) is 5.96 Å². The van der Waals surface area contributed by atoms with Crippen molar-refractivity contribution in [1.82, 2.24) is 10.6 Å². The lowest BCUT2D eigenvalue weighted by molar-refractivity contribution is 0.409. The van der Waals surface area contributed by atoms with E-state index in [1.165, 1.54) is 9.75 Å². The molecule has 2 N–H and O–H groups in total. The molecule has 1 aromatic heterocycles. The van der Waals surface area contributed by atoms with Crippen molar-refractivity contribution in [1.29, 1.82) is 0 Å². The van der Waals surface area contributed by atoms with Gasteiger partial charge in [-0.15, -0.1) is 11.3 Å². The number of methoxy groups -OCH3 is 1. The largest absolute Gasteiger partial charge is 0.496 e. The Bertz CT molecular complexity index is 607. The molecular weight excluding hydrogens is 282 g/mol. The molecule has 1 aromatic carbocycles. The van der Waals surface area contributed by atoms with Crippen molar-refractivity contribution in [3.8, 4) is 5.75 Å². The molecule has 2 aromatic rings. The van der Waals surface area contributed by atoms with E-state index in [2.05, 4.69) is 34.7 Å². The van der Waals surface area contributed by atoms with Gasteiger partial charge in [-0.3, -0.25) is 4.99 Å². The number of nitrogens with zero attached hydrogens (tertiary/aromatic N) is 1. The molecular formula is C16H21N3OS. The third-order valence-electron chi connectivity index (χ3n) is 3.09. The molecule has 0 fully saturated rings. The topological polar surface area (TPSA) is 45.7 Å². The van der Waals surface area contributed by atoms with Crippen LogP contribution in [-0.2, 0) is 13.1 Å². The van der Waals surface area contributed by atoms with Gasteiger partial charge in [-0.25, -0.2) is 0 Å². The molecule has 0 aliphatic heterocycles. The van der Waals surface area contributed by atoms with Crippen molar-refractivity contribution in [2.75, 3.05) is 14.2 Å². The standard InChI is InChI=1S/C16H21N3OS/c1-12-8-9-14(21-12)11-19-16(17-2)18-10-13-6-4-5-7-15(13)20-3/h4-9H,10-11H2,1-3H3,(H2,17,18,19). The monoisotopic (exact) mass is 303 g/mol. The quantitative estimate of drug-likeness (QED) is 0.659. The van der Waals surface area contributed by atoms with Crippen LogP contribution < -0.4 is 15.4 Å². The molecule has 0 aliphatic rings. The summed E-state index contributed by atoms with van der Waals surface area (Å²) in [5.41, 5.74) is 1.11. The van der Waals surface area contributed by atoms with E-state index < -0.39 is 0 Å². The number of ether oxygens (including phenoxy) is 1. The van der Waals surface area contributed by atoms with Gasteiger partial charge in [-0.05, 0) is 25.1 Å². The Balaban J connectivity index is 1.88. The molecule has 0 radical (unpaired) electrons. The summed E-state index contributed by atoms with van der Waals surface area (Å²) in [4.78, 5) is 6.86. The summed E-state index contributed by atoms with van der Waals surface area (Å²) in [6.07, 6.45) is 0. The molecule has 0 aliphatic carbocycles. The fourth-order valence-electron chi connectivity index (χ4n) is 2.00. The smallest absolute Gasteiger partial charge is 0.191 e. The zero-order valence-electron chi connectivity index (χ0n) is 12.6. The number of thiophene rings is 1. The van der Waals surface area contributed by atoms with E-state index in [1.807, 2.05) is 24.3 Å². The van der Waals surface area contributed by atoms with Crippen molar-refractivity contribution in [3.05, 3.63) is 51.7 Å². The van der Waals surface area contributed by atoms with E-state index >= 15 is 0 Å². The van der Waals surface area contributed by atoms with Gasteiger partial charge < -0.3 is 15.4 Å². The fourth-order valence-corrected chi connectivity index (χ4v) is 2.83. The number of hydrogen-bond acceptors (Lipinski definition) is 3. The maximum atomic E-state index is 5.34. The second-order valence-electron chi connectivity index (χ2n) is 4.60. The number of nitrogens with one attached hydrogen (secondary N) is 2. The number of rotatable bonds is 5. The minimum atomic E-state index is 0.674. The molecule has 0 atom stereocenters. The SMILES string of the molecule is CN=C(NCc1ccc(C)s1)NCc1ccccc1OC. The molecule has 0 saturated carbocycles. The molecule has 2 rings (SSSR count). The van der Waals surface area contributed by atoms with E-state index in [4.69, 9.17) is 4.74 Å². The van der Waals surface area contributed by atoms with E-state index in [9.17, 15) is 0 Å². The van der Waals surface area contributed by atoms with Crippen molar-refractivity contribution in [2.24, 2.45) is 4.99 Å². The summed E-state index contributed by atoms with van der Waals surface area (Å²) >= 11 is 1.80. The van der Waals surface area contributed by atoms with Gasteiger partial charge in [-0.2, -0.15) is 0 Å². The molecule has 0 amide bonds. The van der Waals surface area contributed by atoms with E-state index in [-0.39, 0.29) is 0 Å². The third kappa shape index (κ3) is 4.49. The van der Waals surface area contributed by atoms with Crippen LogP contribution in [0.2, 0.25) is 0 Å². The number of aryl methyl sites for hydroxylation is 1. The van der Waals surface area contributed by atoms with Crippen LogP contribution in [-0.4, -0.2) is 20.1 Å². The normalized spacial score (nSPS) is 11.3. The van der Waals surface area contributed by atoms with Gasteiger partial charge in [0.2, 0.25) is 0 Å². The molecule has 0 spiro atoms. The number of hydrogen-bond donors (Lipinski definition) is 2. The van der Waals surface area contributed by atoms with Crippen LogP contribution in [0.4, 0.5) is 0 Å². The van der Waals surface area contributed by atoms with Crippen LogP contribution in [0, 0.1) is 6.92 Å². The number of benzene rings is 1. The average Bonchev–Trinajstić information content (AvgIpc) is 2.93. The highest BCUT2D eigenvalue weighted by Gasteiger charge is 2.04. The molecule has 5 heteroatoms. The fraction of sp³-hybridized carbons (Fsp3) is 0.312. The lowest BCUT2D eigenvalue weighted by Crippen LogP contribution is -2.36. The van der Waals surface area contributed by atoms with E-state index in [1.54, 1.807) is 25.5 Å². The maximum Gasteiger partial charge on any atom is 0.191 e. The summed E-state index contributed by atoms with van der Waals surface area (Å²) in [5.74, 6) is 1.67. The molecule has 21 heavy (non-hydrogen) atoms.